The van der Waals surface area contributed by atoms with Crippen LogP contribution in [0.25, 0.3) is 0 Å². The summed E-state index contributed by atoms with van der Waals surface area (Å²) in [6, 6.07) is 11.5. The van der Waals surface area contributed by atoms with Gasteiger partial charge in [0.25, 0.3) is 0 Å². The Bertz CT molecular complexity index is 760. The number of fused-ring (bicyclic) bond motifs is 2. The Hall–Kier alpha value is -1.35. The fraction of sp³-hybridized carbons (Fsp3) is 0.720. The van der Waals surface area contributed by atoms with Crippen LogP contribution in [0, 0.1) is 22.2 Å². The predicted octanol–water partition coefficient (Wildman–Crippen LogP) is 4.42. The molecule has 4 aliphatic rings. The lowest BCUT2D eigenvalue weighted by Gasteiger charge is -2.58. The summed E-state index contributed by atoms with van der Waals surface area (Å²) >= 11 is 0. The lowest BCUT2D eigenvalue weighted by atomic mass is 9.47. The number of carbonyl (C=O) groups is 1. The second-order valence-corrected chi connectivity index (χ2v) is 11.9. The number of hydrogen-bond donors (Lipinski definition) is 2. The van der Waals surface area contributed by atoms with Crippen molar-refractivity contribution in [3.63, 3.8) is 0 Å². The maximum atomic E-state index is 13.5. The Morgan fingerprint density at radius 2 is 1.68 bits per heavy atom. The molecular formula is C25H36N2O. The topological polar surface area (TPSA) is 41.1 Å². The lowest BCUT2D eigenvalue weighted by molar-refractivity contribution is -0.140. The minimum Gasteiger partial charge on any atom is -0.353 e. The zero-order valence-electron chi connectivity index (χ0n) is 17.8. The first-order valence-corrected chi connectivity index (χ1v) is 11.3. The van der Waals surface area contributed by atoms with Crippen molar-refractivity contribution in [2.75, 3.05) is 13.1 Å². The molecule has 1 heterocycles. The van der Waals surface area contributed by atoms with Crippen LogP contribution in [0.15, 0.2) is 30.3 Å². The SMILES string of the molecule is CC1(C)CC2CC(C)(C(=O)NC3CC4(CNC4)C3)CC(c3ccccc3)(C2)C1. The molecule has 0 aromatic heterocycles. The molecule has 5 rings (SSSR count). The summed E-state index contributed by atoms with van der Waals surface area (Å²) in [5, 5.41) is 6.86. The molecule has 2 N–H and O–H groups in total. The van der Waals surface area contributed by atoms with Crippen molar-refractivity contribution in [3.05, 3.63) is 35.9 Å². The van der Waals surface area contributed by atoms with Crippen molar-refractivity contribution in [1.29, 1.82) is 0 Å². The minimum absolute atomic E-state index is 0.150. The molecule has 3 unspecified atom stereocenters. The molecule has 3 saturated carbocycles. The van der Waals surface area contributed by atoms with Gasteiger partial charge >= 0.3 is 0 Å². The molecule has 28 heavy (non-hydrogen) atoms. The highest BCUT2D eigenvalue weighted by atomic mass is 16.2. The molecule has 152 valence electrons. The Morgan fingerprint density at radius 3 is 2.32 bits per heavy atom. The van der Waals surface area contributed by atoms with Gasteiger partial charge in [-0.05, 0) is 72.7 Å². The Morgan fingerprint density at radius 1 is 0.964 bits per heavy atom. The second kappa shape index (κ2) is 6.08. The summed E-state index contributed by atoms with van der Waals surface area (Å²) in [7, 11) is 0. The maximum absolute atomic E-state index is 13.5. The standard InChI is InChI=1S/C25H36N2O/c1-22(2)9-18-10-23(3,21(28)27-20-12-24(13-20)16-26-17-24)15-25(11-18,14-22)19-7-5-4-6-8-19/h4-8,18,20,26H,9-17H2,1-3H3,(H,27,28). The summed E-state index contributed by atoms with van der Waals surface area (Å²) in [4.78, 5) is 13.5. The monoisotopic (exact) mass is 380 g/mol. The van der Waals surface area contributed by atoms with E-state index in [1.54, 1.807) is 0 Å². The van der Waals surface area contributed by atoms with Crippen molar-refractivity contribution >= 4 is 5.91 Å². The number of amides is 1. The minimum atomic E-state index is -0.240. The quantitative estimate of drug-likeness (QED) is 0.815. The lowest BCUT2D eigenvalue weighted by Crippen LogP contribution is -2.66. The first-order chi connectivity index (χ1) is 13.2. The predicted molar refractivity (Wildman–Crippen MR) is 113 cm³/mol. The van der Waals surface area contributed by atoms with E-state index in [0.29, 0.717) is 28.7 Å². The zero-order valence-corrected chi connectivity index (χ0v) is 17.8. The summed E-state index contributed by atoms with van der Waals surface area (Å²) in [6.07, 6.45) is 8.08. The van der Waals surface area contributed by atoms with E-state index in [0.717, 1.165) is 25.9 Å². The van der Waals surface area contributed by atoms with Crippen LogP contribution in [0.4, 0.5) is 0 Å². The summed E-state index contributed by atoms with van der Waals surface area (Å²) < 4.78 is 0. The van der Waals surface area contributed by atoms with Crippen molar-refractivity contribution in [2.45, 2.75) is 77.2 Å². The number of nitrogens with one attached hydrogen (secondary N) is 2. The van der Waals surface area contributed by atoms with Gasteiger partial charge in [0, 0.05) is 24.5 Å². The largest absolute Gasteiger partial charge is 0.353 e. The first kappa shape index (κ1) is 18.7. The molecule has 1 aromatic carbocycles. The van der Waals surface area contributed by atoms with Crippen LogP contribution in [-0.2, 0) is 10.2 Å². The fourth-order valence-corrected chi connectivity index (χ4v) is 7.70. The van der Waals surface area contributed by atoms with Crippen molar-refractivity contribution < 1.29 is 4.79 Å². The van der Waals surface area contributed by atoms with Gasteiger partial charge in [0.15, 0.2) is 0 Å². The summed E-state index contributed by atoms with van der Waals surface area (Å²) in [6.45, 7) is 9.40. The van der Waals surface area contributed by atoms with E-state index < -0.39 is 0 Å². The second-order valence-electron chi connectivity index (χ2n) is 11.9. The Labute approximate surface area is 170 Å². The number of carbonyl (C=O) groups excluding carboxylic acids is 1. The molecular weight excluding hydrogens is 344 g/mol. The Balaban J connectivity index is 1.38. The van der Waals surface area contributed by atoms with Crippen molar-refractivity contribution in [2.24, 2.45) is 22.2 Å². The van der Waals surface area contributed by atoms with E-state index >= 15 is 0 Å². The molecule has 2 bridgehead atoms. The summed E-state index contributed by atoms with van der Waals surface area (Å²) in [5.74, 6) is 0.973. The molecule has 1 amide bonds. The average Bonchev–Trinajstić information content (AvgIpc) is 2.54. The Kier molecular flexibility index (Phi) is 4.05. The third-order valence-electron chi connectivity index (χ3n) is 8.43. The van der Waals surface area contributed by atoms with Gasteiger partial charge < -0.3 is 10.6 Å². The van der Waals surface area contributed by atoms with Crippen molar-refractivity contribution in [1.82, 2.24) is 10.6 Å². The van der Waals surface area contributed by atoms with E-state index in [9.17, 15) is 4.79 Å². The van der Waals surface area contributed by atoms with Gasteiger partial charge in [-0.15, -0.1) is 0 Å². The van der Waals surface area contributed by atoms with Crippen LogP contribution in [0.5, 0.6) is 0 Å². The smallest absolute Gasteiger partial charge is 0.226 e. The molecule has 3 aliphatic carbocycles. The molecule has 1 aliphatic heterocycles. The molecule has 1 spiro atoms. The van der Waals surface area contributed by atoms with Crippen molar-refractivity contribution in [3.8, 4) is 0 Å². The normalized spacial score (nSPS) is 40.2. The average molecular weight is 381 g/mol. The van der Waals surface area contributed by atoms with Crippen LogP contribution in [0.2, 0.25) is 0 Å². The zero-order chi connectivity index (χ0) is 19.6. The van der Waals surface area contributed by atoms with Crippen LogP contribution < -0.4 is 10.6 Å². The fourth-order valence-electron chi connectivity index (χ4n) is 7.70. The van der Waals surface area contributed by atoms with Gasteiger partial charge in [0.2, 0.25) is 5.91 Å². The first-order valence-electron chi connectivity index (χ1n) is 11.3. The van der Waals surface area contributed by atoms with E-state index in [1.165, 1.54) is 37.7 Å². The number of benzene rings is 1. The van der Waals surface area contributed by atoms with Crippen LogP contribution in [-0.4, -0.2) is 25.0 Å². The third-order valence-corrected chi connectivity index (χ3v) is 8.43. The highest BCUT2D eigenvalue weighted by molar-refractivity contribution is 5.83. The number of hydrogen-bond acceptors (Lipinski definition) is 2. The molecule has 3 atom stereocenters. The molecule has 4 fully saturated rings. The molecule has 0 radical (unpaired) electrons. The number of rotatable bonds is 3. The van der Waals surface area contributed by atoms with Gasteiger partial charge in [-0.25, -0.2) is 0 Å². The van der Waals surface area contributed by atoms with Crippen LogP contribution in [0.1, 0.15) is 71.3 Å². The van der Waals surface area contributed by atoms with E-state index in [1.807, 2.05) is 0 Å². The van der Waals surface area contributed by atoms with Crippen LogP contribution >= 0.6 is 0 Å². The molecule has 3 heteroatoms. The maximum Gasteiger partial charge on any atom is 0.226 e. The van der Waals surface area contributed by atoms with Gasteiger partial charge in [-0.2, -0.15) is 0 Å². The van der Waals surface area contributed by atoms with E-state index in [-0.39, 0.29) is 10.8 Å². The third kappa shape index (κ3) is 3.01. The molecule has 1 saturated heterocycles. The van der Waals surface area contributed by atoms with E-state index in [4.69, 9.17) is 0 Å². The van der Waals surface area contributed by atoms with Gasteiger partial charge in [0.1, 0.15) is 0 Å². The van der Waals surface area contributed by atoms with Gasteiger partial charge in [-0.3, -0.25) is 4.79 Å². The highest BCUT2D eigenvalue weighted by Crippen LogP contribution is 2.61. The van der Waals surface area contributed by atoms with Gasteiger partial charge in [-0.1, -0.05) is 51.1 Å². The van der Waals surface area contributed by atoms with Crippen LogP contribution in [0.3, 0.4) is 0 Å². The highest BCUT2D eigenvalue weighted by Gasteiger charge is 2.56. The molecule has 3 nitrogen and oxygen atoms in total. The molecule has 1 aromatic rings. The van der Waals surface area contributed by atoms with Gasteiger partial charge in [0.05, 0.1) is 0 Å². The van der Waals surface area contributed by atoms with E-state index in [2.05, 4.69) is 61.7 Å². The summed E-state index contributed by atoms with van der Waals surface area (Å²) in [5.41, 5.74) is 2.23.